The third-order valence-corrected chi connectivity index (χ3v) is 5.75. The Morgan fingerprint density at radius 1 is 0.787 bits per heavy atom. The number of amides is 2. The molecule has 47 heavy (non-hydrogen) atoms. The molecular weight excluding hydrogens is 622 g/mol. The van der Waals surface area contributed by atoms with E-state index in [0.717, 1.165) is 13.8 Å². The number of imide groups is 1. The van der Waals surface area contributed by atoms with E-state index in [4.69, 9.17) is 33.2 Å². The maximum absolute atomic E-state index is 13.5. The van der Waals surface area contributed by atoms with Crippen LogP contribution in [0.2, 0.25) is 0 Å². The minimum absolute atomic E-state index is 0.0387. The zero-order chi connectivity index (χ0) is 35.6. The van der Waals surface area contributed by atoms with Gasteiger partial charge in [0.1, 0.15) is 29.5 Å². The van der Waals surface area contributed by atoms with Gasteiger partial charge in [-0.05, 0) is 62.3 Å². The predicted octanol–water partition coefficient (Wildman–Crippen LogP) is 4.00. The highest BCUT2D eigenvalue weighted by Crippen LogP contribution is 2.38. The number of rotatable bonds is 7. The van der Waals surface area contributed by atoms with Crippen molar-refractivity contribution in [1.29, 1.82) is 0 Å². The lowest BCUT2D eigenvalue weighted by atomic mass is 10.1. The molecule has 0 bridgehead atoms. The van der Waals surface area contributed by atoms with Gasteiger partial charge >= 0.3 is 30.1 Å². The summed E-state index contributed by atoms with van der Waals surface area (Å²) in [5.74, 6) is -2.68. The first-order valence-corrected chi connectivity index (χ1v) is 14.8. The SMILES string of the molecule is CC(=O)OC[C@H]1O[C@@H](n2cnc3c(OC(C)(C)C)nc(N(C(=O)OC(C)(C)C)C(=O)OC(C)(C)C)nc32)[C@H](OC(C)=O)[C@@H]1OC(C)=O. The monoisotopic (exact) mass is 665 g/mol. The van der Waals surface area contributed by atoms with Crippen LogP contribution >= 0.6 is 0 Å². The van der Waals surface area contributed by atoms with Gasteiger partial charge in [-0.1, -0.05) is 0 Å². The van der Waals surface area contributed by atoms with Crippen LogP contribution in [-0.4, -0.2) is 91.3 Å². The second kappa shape index (κ2) is 13.7. The van der Waals surface area contributed by atoms with Gasteiger partial charge < -0.3 is 33.2 Å². The number of aromatic nitrogens is 4. The van der Waals surface area contributed by atoms with Gasteiger partial charge in [-0.2, -0.15) is 9.97 Å². The number of hydrogen-bond acceptors (Lipinski definition) is 15. The molecule has 0 radical (unpaired) electrons. The van der Waals surface area contributed by atoms with Gasteiger partial charge in [0, 0.05) is 20.8 Å². The lowest BCUT2D eigenvalue weighted by Gasteiger charge is -2.28. The van der Waals surface area contributed by atoms with Crippen molar-refractivity contribution in [1.82, 2.24) is 19.5 Å². The molecule has 2 aromatic heterocycles. The van der Waals surface area contributed by atoms with Gasteiger partial charge in [-0.25, -0.2) is 14.6 Å². The Bertz CT molecular complexity index is 1490. The first-order valence-electron chi connectivity index (χ1n) is 14.8. The Morgan fingerprint density at radius 2 is 1.32 bits per heavy atom. The summed E-state index contributed by atoms with van der Waals surface area (Å²) in [4.78, 5) is 76.7. The van der Waals surface area contributed by atoms with Crippen LogP contribution in [0, 0.1) is 0 Å². The van der Waals surface area contributed by atoms with Crippen LogP contribution in [0.15, 0.2) is 6.33 Å². The first kappa shape index (κ1) is 36.9. The van der Waals surface area contributed by atoms with E-state index < -0.39 is 77.4 Å². The summed E-state index contributed by atoms with van der Waals surface area (Å²) in [7, 11) is 0. The number of carbonyl (C=O) groups excluding carboxylic acids is 5. The molecule has 2 amide bonds. The van der Waals surface area contributed by atoms with Crippen molar-refractivity contribution in [3.05, 3.63) is 6.33 Å². The van der Waals surface area contributed by atoms with Crippen molar-refractivity contribution in [3.8, 4) is 5.88 Å². The van der Waals surface area contributed by atoms with Crippen LogP contribution in [0.5, 0.6) is 5.88 Å². The molecule has 1 aliphatic rings. The van der Waals surface area contributed by atoms with Crippen molar-refractivity contribution < 1.29 is 57.1 Å². The van der Waals surface area contributed by atoms with Crippen LogP contribution in [0.4, 0.5) is 15.5 Å². The Kier molecular flexibility index (Phi) is 10.7. The van der Waals surface area contributed by atoms with E-state index in [1.54, 1.807) is 62.3 Å². The zero-order valence-corrected chi connectivity index (χ0v) is 28.7. The van der Waals surface area contributed by atoms with Crippen molar-refractivity contribution in [2.24, 2.45) is 0 Å². The minimum atomic E-state index is -1.28. The number of fused-ring (bicyclic) bond motifs is 1. The third kappa shape index (κ3) is 9.97. The molecule has 0 spiro atoms. The van der Waals surface area contributed by atoms with E-state index in [-0.39, 0.29) is 23.7 Å². The molecule has 3 rings (SSSR count). The molecule has 1 saturated heterocycles. The average molecular weight is 666 g/mol. The second-order valence-electron chi connectivity index (χ2n) is 13.7. The Labute approximate surface area is 272 Å². The number of hydrogen-bond donors (Lipinski definition) is 0. The summed E-state index contributed by atoms with van der Waals surface area (Å²) < 4.78 is 40.7. The van der Waals surface area contributed by atoms with Gasteiger partial charge in [0.15, 0.2) is 29.6 Å². The molecule has 1 aliphatic heterocycles. The van der Waals surface area contributed by atoms with Crippen molar-refractivity contribution >= 4 is 47.2 Å². The molecule has 260 valence electrons. The number of nitrogens with zero attached hydrogens (tertiary/aromatic N) is 5. The van der Waals surface area contributed by atoms with E-state index in [0.29, 0.717) is 4.90 Å². The topological polar surface area (TPSA) is 197 Å². The molecular formula is C30H43N5O12. The van der Waals surface area contributed by atoms with Gasteiger partial charge in [0.2, 0.25) is 11.8 Å². The normalized spacial score (nSPS) is 19.9. The van der Waals surface area contributed by atoms with E-state index in [1.165, 1.54) is 17.8 Å². The smallest absolute Gasteiger partial charge is 0.427 e. The highest BCUT2D eigenvalue weighted by Gasteiger charge is 2.51. The van der Waals surface area contributed by atoms with E-state index >= 15 is 0 Å². The largest absolute Gasteiger partial charge is 0.470 e. The van der Waals surface area contributed by atoms with E-state index in [1.807, 2.05) is 0 Å². The highest BCUT2D eigenvalue weighted by molar-refractivity contribution is 6.08. The fourth-order valence-electron chi connectivity index (χ4n) is 4.30. The minimum Gasteiger partial charge on any atom is -0.470 e. The quantitative estimate of drug-likeness (QED) is 0.304. The van der Waals surface area contributed by atoms with Gasteiger partial charge in [0.05, 0.1) is 6.33 Å². The number of carbonyl (C=O) groups is 5. The molecule has 17 nitrogen and oxygen atoms in total. The summed E-state index contributed by atoms with van der Waals surface area (Å²) >= 11 is 0. The van der Waals surface area contributed by atoms with Crippen LogP contribution in [0.25, 0.3) is 11.2 Å². The van der Waals surface area contributed by atoms with E-state index in [9.17, 15) is 24.0 Å². The molecule has 4 atom stereocenters. The lowest BCUT2D eigenvalue weighted by Crippen LogP contribution is -2.44. The van der Waals surface area contributed by atoms with Crippen molar-refractivity contribution in [2.45, 2.75) is 124 Å². The standard InChI is InChI=1S/C30H43N5O12/c1-15(36)41-13-18-20(42-16(2)37)21(43-17(3)38)24(44-18)34-14-31-19-22(34)32-25(33-23(19)45-28(4,5)6)35(26(39)46-29(7,8)9)27(40)47-30(10,11)12/h14,18,20-21,24H,13H2,1-12H3/t18-,20-,21-,24-/m1/s1. The summed E-state index contributed by atoms with van der Waals surface area (Å²) in [6.45, 7) is 18.1. The van der Waals surface area contributed by atoms with Crippen LogP contribution in [0.1, 0.15) is 89.3 Å². The lowest BCUT2D eigenvalue weighted by molar-refractivity contribution is -0.166. The fourth-order valence-corrected chi connectivity index (χ4v) is 4.30. The Balaban J connectivity index is 2.29. The fraction of sp³-hybridized carbons (Fsp3) is 0.667. The zero-order valence-electron chi connectivity index (χ0n) is 28.7. The third-order valence-electron chi connectivity index (χ3n) is 5.75. The van der Waals surface area contributed by atoms with Crippen molar-refractivity contribution in [3.63, 3.8) is 0 Å². The maximum atomic E-state index is 13.5. The molecule has 0 aliphatic carbocycles. The number of imidazole rings is 1. The average Bonchev–Trinajstić information content (AvgIpc) is 3.40. The highest BCUT2D eigenvalue weighted by atomic mass is 16.7. The van der Waals surface area contributed by atoms with Gasteiger partial charge in [-0.15, -0.1) is 4.90 Å². The van der Waals surface area contributed by atoms with Crippen molar-refractivity contribution in [2.75, 3.05) is 11.5 Å². The maximum Gasteiger partial charge on any atom is 0.427 e. The van der Waals surface area contributed by atoms with Crippen LogP contribution in [-0.2, 0) is 42.8 Å². The predicted molar refractivity (Wildman–Crippen MR) is 162 cm³/mol. The van der Waals surface area contributed by atoms with Crippen LogP contribution < -0.4 is 9.64 Å². The number of esters is 3. The second-order valence-corrected chi connectivity index (χ2v) is 13.7. The molecule has 17 heteroatoms. The Morgan fingerprint density at radius 3 is 1.79 bits per heavy atom. The van der Waals surface area contributed by atoms with Gasteiger partial charge in [-0.3, -0.25) is 19.0 Å². The van der Waals surface area contributed by atoms with Crippen LogP contribution in [0.3, 0.4) is 0 Å². The molecule has 1 fully saturated rings. The Hall–Kier alpha value is -4.54. The number of anilines is 1. The summed E-state index contributed by atoms with van der Waals surface area (Å²) in [6.07, 6.45) is -5.84. The molecule has 0 saturated carbocycles. The summed E-state index contributed by atoms with van der Waals surface area (Å²) in [5.41, 5.74) is -2.85. The molecule has 0 N–H and O–H groups in total. The summed E-state index contributed by atoms with van der Waals surface area (Å²) in [6, 6.07) is 0. The molecule has 0 aromatic carbocycles. The molecule has 2 aromatic rings. The first-order chi connectivity index (χ1) is 21.5. The van der Waals surface area contributed by atoms with Gasteiger partial charge in [0.25, 0.3) is 0 Å². The molecule has 0 unspecified atom stereocenters. The number of ether oxygens (including phenoxy) is 7. The molecule has 3 heterocycles. The van der Waals surface area contributed by atoms with E-state index in [2.05, 4.69) is 15.0 Å². The summed E-state index contributed by atoms with van der Waals surface area (Å²) in [5, 5.41) is 0.